The Morgan fingerprint density at radius 3 is 1.05 bits per heavy atom. The standard InChI is InChI=1S/C15H12.2C12H23P.2ClH.Ru/c1-2-15(13-9-5-3-6-10-13)14-11-7-4-8-12-14;2*1-3-7-11(8-4-1)13-12-9-5-2-6-10-12;;;/h1-12H;2*11-13H,1-10H2;2*1H;/q;;;;;+2/p-2. The molecule has 246 valence electrons. The van der Waals surface area contributed by atoms with E-state index in [4.69, 9.17) is 19.4 Å². The zero-order valence-corrected chi connectivity index (χ0v) is 32.2. The molecule has 2 aromatic carbocycles. The molecule has 0 aromatic heterocycles. The molecule has 4 aliphatic carbocycles. The van der Waals surface area contributed by atoms with Crippen LogP contribution < -0.4 is 0 Å². The summed E-state index contributed by atoms with van der Waals surface area (Å²) in [5.41, 5.74) is 8.09. The zero-order chi connectivity index (χ0) is 30.7. The second-order valence-corrected chi connectivity index (χ2v) is 23.0. The van der Waals surface area contributed by atoms with Crippen LogP contribution in [0.3, 0.4) is 0 Å². The molecule has 0 amide bonds. The quantitative estimate of drug-likeness (QED) is 0.195. The molecule has 0 heterocycles. The van der Waals surface area contributed by atoms with E-state index >= 15 is 0 Å². The number of benzene rings is 2. The Balaban J connectivity index is 0.000000154. The predicted molar refractivity (Wildman–Crippen MR) is 202 cm³/mol. The average Bonchev–Trinajstić information content (AvgIpc) is 3.08. The van der Waals surface area contributed by atoms with Crippen molar-refractivity contribution in [2.45, 2.75) is 151 Å². The van der Waals surface area contributed by atoms with Gasteiger partial charge in [0.15, 0.2) is 0 Å². The minimum atomic E-state index is -1.77. The van der Waals surface area contributed by atoms with Gasteiger partial charge in [0.2, 0.25) is 0 Å². The van der Waals surface area contributed by atoms with Gasteiger partial charge in [-0.1, -0.05) is 77.0 Å². The van der Waals surface area contributed by atoms with Gasteiger partial charge in [0.25, 0.3) is 0 Å². The van der Waals surface area contributed by atoms with Crippen LogP contribution in [0.15, 0.2) is 66.7 Å². The molecule has 0 atom stereocenters. The van der Waals surface area contributed by atoms with E-state index in [1.54, 1.807) is 51.4 Å². The van der Waals surface area contributed by atoms with Gasteiger partial charge in [-0.3, -0.25) is 0 Å². The molecule has 44 heavy (non-hydrogen) atoms. The fourth-order valence-electron chi connectivity index (χ4n) is 7.44. The molecule has 4 aliphatic rings. The van der Waals surface area contributed by atoms with Gasteiger partial charge in [-0.25, -0.2) is 0 Å². The van der Waals surface area contributed by atoms with E-state index < -0.39 is 13.5 Å². The van der Waals surface area contributed by atoms with Gasteiger partial charge >= 0.3 is 121 Å². The molecule has 0 nitrogen and oxygen atoms in total. The van der Waals surface area contributed by atoms with Crippen molar-refractivity contribution in [3.63, 3.8) is 0 Å². The molecule has 4 saturated carbocycles. The van der Waals surface area contributed by atoms with Crippen molar-refractivity contribution in [2.24, 2.45) is 0 Å². The summed E-state index contributed by atoms with van der Waals surface area (Å²) in [6.45, 7) is 0. The summed E-state index contributed by atoms with van der Waals surface area (Å²) < 4.78 is 1.92. The third-order valence-electron chi connectivity index (χ3n) is 9.85. The third-order valence-corrected chi connectivity index (χ3v) is 15.8. The van der Waals surface area contributed by atoms with Crippen LogP contribution in [0.1, 0.15) is 140 Å². The maximum atomic E-state index is 5.91. The Hall–Kier alpha value is 0.113. The van der Waals surface area contributed by atoms with E-state index in [0.29, 0.717) is 0 Å². The van der Waals surface area contributed by atoms with Gasteiger partial charge in [-0.2, -0.15) is 0 Å². The van der Waals surface area contributed by atoms with Crippen LogP contribution in [0.4, 0.5) is 0 Å². The maximum absolute atomic E-state index is 5.91. The second-order valence-electron chi connectivity index (χ2n) is 13.3. The summed E-state index contributed by atoms with van der Waals surface area (Å²) in [6, 6.07) is 20.5. The van der Waals surface area contributed by atoms with Crippen molar-refractivity contribution in [2.75, 3.05) is 0 Å². The number of hydrogen-bond acceptors (Lipinski definition) is 0. The first-order valence-corrected chi connectivity index (χ1v) is 25.6. The molecular formula is C39H58Cl2P2Ru. The van der Waals surface area contributed by atoms with Crippen LogP contribution in [0.2, 0.25) is 0 Å². The summed E-state index contributed by atoms with van der Waals surface area (Å²) in [5.74, 6) is 0. The van der Waals surface area contributed by atoms with E-state index in [9.17, 15) is 0 Å². The molecule has 2 aromatic rings. The fraction of sp³-hybridized carbons (Fsp3) is 0.615. The molecule has 0 N–H and O–H groups in total. The van der Waals surface area contributed by atoms with E-state index in [1.165, 1.54) is 105 Å². The van der Waals surface area contributed by atoms with Crippen molar-refractivity contribution in [3.8, 4) is 0 Å². The minimum absolute atomic E-state index is 1.15. The van der Waals surface area contributed by atoms with Crippen LogP contribution in [0.5, 0.6) is 0 Å². The Labute approximate surface area is 287 Å². The molecule has 5 heteroatoms. The third kappa shape index (κ3) is 14.9. The number of allylic oxidation sites excluding steroid dienone is 1. The fourth-order valence-corrected chi connectivity index (χ4v) is 12.8. The van der Waals surface area contributed by atoms with Crippen LogP contribution in [0, 0.1) is 0 Å². The van der Waals surface area contributed by atoms with Gasteiger partial charge in [-0.15, -0.1) is 17.2 Å². The monoisotopic (exact) mass is 760 g/mol. The van der Waals surface area contributed by atoms with Crippen LogP contribution >= 0.6 is 36.5 Å². The SMILES string of the molecule is C1CCC(PC2CCCCC2)CC1.C1CCC(PC2CCCCC2)CC1.[Cl][Ru]([Cl])=[CH]C=C(c1ccccc1)c1ccccc1. The van der Waals surface area contributed by atoms with Crippen molar-refractivity contribution < 1.29 is 13.5 Å². The van der Waals surface area contributed by atoms with E-state index in [1.807, 2.05) is 47.1 Å². The van der Waals surface area contributed by atoms with Crippen molar-refractivity contribution >= 4 is 46.7 Å². The van der Waals surface area contributed by atoms with E-state index in [-0.39, 0.29) is 0 Å². The van der Waals surface area contributed by atoms with Gasteiger partial charge in [0.1, 0.15) is 0 Å². The van der Waals surface area contributed by atoms with Gasteiger partial charge in [0, 0.05) is 0 Å². The molecule has 0 bridgehead atoms. The molecule has 0 unspecified atom stereocenters. The first-order chi connectivity index (χ1) is 21.7. The summed E-state index contributed by atoms with van der Waals surface area (Å²) in [5, 5.41) is 0. The van der Waals surface area contributed by atoms with E-state index in [0.717, 1.165) is 28.2 Å². The molecule has 4 fully saturated rings. The molecule has 0 spiro atoms. The number of halogens is 2. The molecular weight excluding hydrogens is 702 g/mol. The Kier molecular flexibility index (Phi) is 19.0. The Morgan fingerprint density at radius 2 is 0.773 bits per heavy atom. The molecule has 0 aliphatic heterocycles. The number of rotatable bonds is 7. The van der Waals surface area contributed by atoms with Crippen LogP contribution in [-0.4, -0.2) is 27.2 Å². The van der Waals surface area contributed by atoms with E-state index in [2.05, 4.69) is 24.3 Å². The summed E-state index contributed by atoms with van der Waals surface area (Å²) in [7, 11) is 14.5. The molecule has 0 radical (unpaired) electrons. The van der Waals surface area contributed by atoms with Gasteiger partial charge in [0.05, 0.1) is 0 Å². The summed E-state index contributed by atoms with van der Waals surface area (Å²) in [4.78, 5) is 0. The van der Waals surface area contributed by atoms with Crippen molar-refractivity contribution in [1.82, 2.24) is 0 Å². The van der Waals surface area contributed by atoms with Crippen LogP contribution in [-0.2, 0) is 13.5 Å². The number of hydrogen-bond donors (Lipinski definition) is 0. The van der Waals surface area contributed by atoms with Crippen molar-refractivity contribution in [3.05, 3.63) is 77.9 Å². The van der Waals surface area contributed by atoms with Crippen LogP contribution in [0.25, 0.3) is 5.57 Å². The van der Waals surface area contributed by atoms with Gasteiger partial charge < -0.3 is 0 Å². The Morgan fingerprint density at radius 1 is 0.477 bits per heavy atom. The normalized spacial score (nSPS) is 20.7. The van der Waals surface area contributed by atoms with Crippen molar-refractivity contribution in [1.29, 1.82) is 0 Å². The first kappa shape index (κ1) is 36.9. The zero-order valence-electron chi connectivity index (χ0n) is 27.0. The molecule has 0 saturated heterocycles. The summed E-state index contributed by atoms with van der Waals surface area (Å²) in [6.07, 6.45) is 32.9. The Bertz CT molecular complexity index is 954. The topological polar surface area (TPSA) is 0 Å². The molecule has 6 rings (SSSR count). The average molecular weight is 761 g/mol. The summed E-state index contributed by atoms with van der Waals surface area (Å²) >= 11 is -1.77. The van der Waals surface area contributed by atoms with Gasteiger partial charge in [-0.05, 0) is 74.0 Å². The first-order valence-electron chi connectivity index (χ1n) is 17.8. The predicted octanol–water partition coefficient (Wildman–Crippen LogP) is 13.5. The second kappa shape index (κ2) is 22.6.